The summed E-state index contributed by atoms with van der Waals surface area (Å²) in [6, 6.07) is 24.0. The van der Waals surface area contributed by atoms with Gasteiger partial charge in [-0.3, -0.25) is 29.3 Å². The van der Waals surface area contributed by atoms with Crippen molar-refractivity contribution in [3.63, 3.8) is 0 Å². The van der Waals surface area contributed by atoms with Crippen molar-refractivity contribution < 1.29 is 33.4 Å². The molecule has 0 fully saturated rings. The zero-order valence-corrected chi connectivity index (χ0v) is 41.7. The van der Waals surface area contributed by atoms with Crippen LogP contribution in [0.25, 0.3) is 63.0 Å². The summed E-state index contributed by atoms with van der Waals surface area (Å²) in [6.07, 6.45) is 0. The van der Waals surface area contributed by atoms with Crippen LogP contribution in [0, 0.1) is 20.8 Å². The number of nitrogens with two attached hydrogens (primary N) is 1. The number of rotatable bonds is 6. The first-order valence-corrected chi connectivity index (χ1v) is 24.3. The third kappa shape index (κ3) is 10.4. The fourth-order valence-corrected chi connectivity index (χ4v) is 10.8. The number of halogens is 1. The maximum atomic E-state index is 12.3. The largest absolute Gasteiger partial charge is 0.465 e. The van der Waals surface area contributed by atoms with Gasteiger partial charge in [-0.15, -0.1) is 45.6 Å². The van der Waals surface area contributed by atoms with Crippen molar-refractivity contribution in [1.29, 1.82) is 0 Å². The molecule has 350 valence electrons. The highest BCUT2D eigenvalue weighted by Gasteiger charge is 2.25. The Kier molecular flexibility index (Phi) is 15.2. The van der Waals surface area contributed by atoms with Crippen LogP contribution in [0.15, 0.2) is 72.8 Å². The lowest BCUT2D eigenvalue weighted by molar-refractivity contribution is -0.115. The number of benzene rings is 3. The second-order valence-electron chi connectivity index (χ2n) is 16.0. The fourth-order valence-electron chi connectivity index (χ4n) is 7.52. The van der Waals surface area contributed by atoms with E-state index in [9.17, 15) is 24.0 Å². The lowest BCUT2D eigenvalue weighted by Crippen LogP contribution is -2.34. The Morgan fingerprint density at radius 2 is 1.15 bits per heavy atom. The number of ketones is 2. The van der Waals surface area contributed by atoms with Gasteiger partial charge in [0.1, 0.15) is 26.2 Å². The van der Waals surface area contributed by atoms with E-state index >= 15 is 0 Å². The molecular weight excluding hydrogens is 942 g/mol. The molecule has 1 aliphatic heterocycles. The first-order chi connectivity index (χ1) is 32.5. The highest BCUT2D eigenvalue weighted by molar-refractivity contribution is 7.22. The molecule has 0 bridgehead atoms. The van der Waals surface area contributed by atoms with Gasteiger partial charge in [0, 0.05) is 76.1 Å². The molecule has 0 saturated heterocycles. The summed E-state index contributed by atoms with van der Waals surface area (Å²) < 4.78 is 12.7. The summed E-state index contributed by atoms with van der Waals surface area (Å²) in [6.45, 7) is 11.7. The average Bonchev–Trinajstić information content (AvgIpc) is 3.98. The Bertz CT molecular complexity index is 3460. The second-order valence-corrected chi connectivity index (χ2v) is 19.4. The number of nitrogens with one attached hydrogen (secondary N) is 3. The standard InChI is InChI=1S/C17H16N2O3S.C16H15N3OS.C14H12N2O2S.C3H5ClO/c1-9-4-5-11-12(19-9)6-7-13-14(11)15(18-8-10(2)20)16(23-13)17(21)22-3;1-8-3-4-10-11(18-8)5-6-12-13(10)14-15(21-12)16(20)19-9(2)7-17-14;1-7-3-4-8-9(16-7)5-6-10-11(8)12(15)13(19-10)14(17)18-2;1-3(5)2-4/h4-7,18H,8H2,1-3H3;3-6,9,17H,7H2,1-2H3,(H,19,20);3-6H,15H2,1-2H3;2H2,1H3/t;9-;;/m.1../s1. The molecule has 0 aliphatic carbocycles. The van der Waals surface area contributed by atoms with Gasteiger partial charge in [0.15, 0.2) is 0 Å². The minimum absolute atomic E-state index is 0.00521. The number of thiophene rings is 3. The molecule has 0 saturated carbocycles. The van der Waals surface area contributed by atoms with E-state index in [1.165, 1.54) is 62.1 Å². The normalized spacial score (nSPS) is 13.0. The predicted molar refractivity (Wildman–Crippen MR) is 279 cm³/mol. The second kappa shape index (κ2) is 21.0. The van der Waals surface area contributed by atoms with Crippen LogP contribution in [-0.4, -0.2) is 83.6 Å². The third-order valence-corrected chi connectivity index (χ3v) is 14.4. The summed E-state index contributed by atoms with van der Waals surface area (Å²) in [5, 5.41) is 15.5. The first-order valence-electron chi connectivity index (χ1n) is 21.3. The number of aryl methyl sites for hydroxylation is 3. The molecule has 18 heteroatoms. The highest BCUT2D eigenvalue weighted by Crippen LogP contribution is 2.42. The van der Waals surface area contributed by atoms with E-state index in [-0.39, 0.29) is 35.9 Å². The molecule has 5 N–H and O–H groups in total. The molecule has 1 amide bonds. The Labute approximate surface area is 408 Å². The molecule has 10 rings (SSSR count). The zero-order valence-electron chi connectivity index (χ0n) is 38.5. The number of alkyl halides is 1. The molecule has 0 unspecified atom stereocenters. The van der Waals surface area contributed by atoms with Gasteiger partial charge >= 0.3 is 11.9 Å². The number of aromatic nitrogens is 3. The number of hydrogen-bond donors (Lipinski definition) is 4. The molecule has 1 atom stereocenters. The van der Waals surface area contributed by atoms with Crippen LogP contribution in [0.3, 0.4) is 0 Å². The van der Waals surface area contributed by atoms with E-state index in [2.05, 4.69) is 43.0 Å². The van der Waals surface area contributed by atoms with Crippen molar-refractivity contribution in [3.8, 4) is 0 Å². The Balaban J connectivity index is 0.000000144. The Hall–Kier alpha value is -6.79. The van der Waals surface area contributed by atoms with Crippen LogP contribution in [0.1, 0.15) is 66.9 Å². The number of fused-ring (bicyclic) bond motifs is 11. The van der Waals surface area contributed by atoms with Crippen molar-refractivity contribution in [3.05, 3.63) is 105 Å². The van der Waals surface area contributed by atoms with Crippen molar-refractivity contribution in [2.75, 3.05) is 49.6 Å². The van der Waals surface area contributed by atoms with Crippen molar-refractivity contribution in [2.24, 2.45) is 0 Å². The van der Waals surface area contributed by atoms with Crippen molar-refractivity contribution in [1.82, 2.24) is 20.3 Å². The van der Waals surface area contributed by atoms with Gasteiger partial charge in [0.2, 0.25) is 0 Å². The maximum Gasteiger partial charge on any atom is 0.350 e. The number of ether oxygens (including phenoxy) is 2. The SMILES string of the molecule is CC(=O)CCl.COC(=O)c1sc2ccc3nc(C)ccc3c2c1N.COC(=O)c1sc2ccc3nc(C)ccc3c2c1NCC(C)=O.Cc1ccc2c(ccc3sc4c(c32)NC[C@@H](C)NC4=O)n1. The number of hydrogen-bond acceptors (Lipinski definition) is 16. The van der Waals surface area contributed by atoms with Crippen LogP contribution in [0.5, 0.6) is 0 Å². The summed E-state index contributed by atoms with van der Waals surface area (Å²) in [7, 11) is 2.71. The quantitative estimate of drug-likeness (QED) is 0.0905. The van der Waals surface area contributed by atoms with Gasteiger partial charge in [-0.25, -0.2) is 9.59 Å². The average molecular weight is 991 g/mol. The number of nitrogens with zero attached hydrogens (tertiary/aromatic N) is 3. The van der Waals surface area contributed by atoms with Crippen molar-refractivity contribution >= 4 is 155 Å². The fraction of sp³-hybridized carbons (Fsp3) is 0.240. The molecule has 14 nitrogen and oxygen atoms in total. The number of Topliss-reactive ketones (excluding diaryl/α,β-unsaturated/α-hetero) is 2. The first kappa shape index (κ1) is 49.1. The topological polar surface area (TPSA) is 205 Å². The number of carbonyl (C=O) groups excluding carboxylic acids is 5. The van der Waals surface area contributed by atoms with E-state index < -0.39 is 11.9 Å². The highest BCUT2D eigenvalue weighted by atomic mass is 35.5. The van der Waals surface area contributed by atoms with Gasteiger partial charge < -0.3 is 31.2 Å². The van der Waals surface area contributed by atoms with E-state index in [0.29, 0.717) is 21.1 Å². The molecule has 7 heterocycles. The van der Waals surface area contributed by atoms with Gasteiger partial charge in [-0.05, 0) is 96.1 Å². The van der Waals surface area contributed by atoms with Gasteiger partial charge in [-0.2, -0.15) is 0 Å². The van der Waals surface area contributed by atoms with Crippen LogP contribution in [0.4, 0.5) is 17.1 Å². The van der Waals surface area contributed by atoms with E-state index in [1.807, 2.05) is 88.4 Å². The van der Waals surface area contributed by atoms with Crippen molar-refractivity contribution in [2.45, 2.75) is 47.6 Å². The summed E-state index contributed by atoms with van der Waals surface area (Å²) in [4.78, 5) is 72.4. The predicted octanol–water partition coefficient (Wildman–Crippen LogP) is 10.8. The number of pyridine rings is 3. The monoisotopic (exact) mass is 989 g/mol. The molecule has 0 spiro atoms. The Morgan fingerprint density at radius 3 is 1.65 bits per heavy atom. The lowest BCUT2D eigenvalue weighted by Gasteiger charge is -2.10. The maximum absolute atomic E-state index is 12.3. The summed E-state index contributed by atoms with van der Waals surface area (Å²) in [5.41, 5.74) is 13.8. The summed E-state index contributed by atoms with van der Waals surface area (Å²) >= 11 is 9.23. The molecule has 6 aromatic heterocycles. The van der Waals surface area contributed by atoms with E-state index in [1.54, 1.807) is 0 Å². The molecule has 3 aromatic carbocycles. The number of nitrogen functional groups attached to an aromatic ring is 1. The number of esters is 2. The van der Waals surface area contributed by atoms with E-state index in [0.717, 1.165) is 97.2 Å². The number of anilines is 3. The molecular formula is C50H48ClN7O7S3. The van der Waals surface area contributed by atoms with Gasteiger partial charge in [0.25, 0.3) is 5.91 Å². The van der Waals surface area contributed by atoms with E-state index in [4.69, 9.17) is 26.8 Å². The zero-order chi connectivity index (χ0) is 49.0. The number of carbonyl (C=O) groups is 5. The lowest BCUT2D eigenvalue weighted by atomic mass is 10.1. The third-order valence-electron chi connectivity index (χ3n) is 10.6. The molecule has 9 aromatic rings. The summed E-state index contributed by atoms with van der Waals surface area (Å²) in [5.74, 6) is -0.643. The minimum atomic E-state index is -0.412. The smallest absolute Gasteiger partial charge is 0.350 e. The molecule has 1 aliphatic rings. The van der Waals surface area contributed by atoms with Crippen LogP contribution in [0.2, 0.25) is 0 Å². The van der Waals surface area contributed by atoms with Gasteiger partial charge in [0.05, 0.1) is 60.3 Å². The molecule has 0 radical (unpaired) electrons. The Morgan fingerprint density at radius 1 is 0.691 bits per heavy atom. The van der Waals surface area contributed by atoms with Crippen LogP contribution >= 0.6 is 45.6 Å². The number of methoxy groups -OCH3 is 2. The van der Waals surface area contributed by atoms with Crippen LogP contribution in [-0.2, 0) is 19.1 Å². The molecule has 68 heavy (non-hydrogen) atoms. The number of amides is 1. The van der Waals surface area contributed by atoms with Crippen LogP contribution < -0.4 is 21.7 Å². The van der Waals surface area contributed by atoms with Gasteiger partial charge in [-0.1, -0.05) is 18.2 Å². The minimum Gasteiger partial charge on any atom is -0.465 e.